The molecule has 5 nitrogen and oxygen atoms in total. The Morgan fingerprint density at radius 3 is 2.54 bits per heavy atom. The average Bonchev–Trinajstić information content (AvgIpc) is 2.58. The van der Waals surface area contributed by atoms with Gasteiger partial charge in [0.2, 0.25) is 0 Å². The predicted molar refractivity (Wildman–Crippen MR) is 96.8 cm³/mol. The molecule has 0 aliphatic rings. The Balaban J connectivity index is 1.76. The first kappa shape index (κ1) is 19.4. The van der Waals surface area contributed by atoms with E-state index in [0.29, 0.717) is 17.4 Å². The second kappa shape index (κ2) is 8.99. The number of carbonyl (C=O) groups is 2. The number of hydrogen-bond acceptors (Lipinski definition) is 4. The third kappa shape index (κ3) is 5.88. The lowest BCUT2D eigenvalue weighted by molar-refractivity contribution is -0.149. The van der Waals surface area contributed by atoms with Gasteiger partial charge in [0.25, 0.3) is 5.91 Å². The topological polar surface area (TPSA) is 64.6 Å². The lowest BCUT2D eigenvalue weighted by atomic mass is 9.98. The minimum absolute atomic E-state index is 0.294. The van der Waals surface area contributed by atoms with Crippen LogP contribution in [0.1, 0.15) is 30.9 Å². The standard InChI is InChI=1S/C20H22FNO4/c1-13(2)18-8-7-17(9-14(18)3)25-12-20(24)26-11-19(23)22-16-6-4-5-15(21)10-16/h4-10,13H,11-12H2,1-3H3,(H,22,23). The second-order valence-corrected chi connectivity index (χ2v) is 6.18. The predicted octanol–water partition coefficient (Wildman–Crippen LogP) is 3.82. The SMILES string of the molecule is Cc1cc(OCC(=O)OCC(=O)Nc2cccc(F)c2)ccc1C(C)C. The summed E-state index contributed by atoms with van der Waals surface area (Å²) in [5, 5.41) is 2.44. The van der Waals surface area contributed by atoms with Crippen LogP contribution in [0, 0.1) is 12.7 Å². The van der Waals surface area contributed by atoms with E-state index < -0.39 is 24.3 Å². The van der Waals surface area contributed by atoms with E-state index in [1.807, 2.05) is 19.1 Å². The summed E-state index contributed by atoms with van der Waals surface area (Å²) in [6.45, 7) is 5.43. The molecule has 0 aliphatic carbocycles. The van der Waals surface area contributed by atoms with Gasteiger partial charge in [-0.3, -0.25) is 4.79 Å². The molecule has 26 heavy (non-hydrogen) atoms. The van der Waals surface area contributed by atoms with Gasteiger partial charge in [0.1, 0.15) is 11.6 Å². The third-order valence-electron chi connectivity index (χ3n) is 3.69. The van der Waals surface area contributed by atoms with Crippen molar-refractivity contribution in [1.29, 1.82) is 0 Å². The van der Waals surface area contributed by atoms with Gasteiger partial charge in [-0.1, -0.05) is 26.0 Å². The van der Waals surface area contributed by atoms with Gasteiger partial charge in [-0.2, -0.15) is 0 Å². The van der Waals surface area contributed by atoms with E-state index >= 15 is 0 Å². The van der Waals surface area contributed by atoms with Crippen molar-refractivity contribution in [1.82, 2.24) is 0 Å². The van der Waals surface area contributed by atoms with Crippen LogP contribution in [0.5, 0.6) is 5.75 Å². The van der Waals surface area contributed by atoms with Crippen molar-refractivity contribution in [2.45, 2.75) is 26.7 Å². The lowest BCUT2D eigenvalue weighted by Crippen LogP contribution is -2.23. The van der Waals surface area contributed by atoms with Crippen LogP contribution in [0.15, 0.2) is 42.5 Å². The van der Waals surface area contributed by atoms with Crippen molar-refractivity contribution < 1.29 is 23.5 Å². The van der Waals surface area contributed by atoms with Gasteiger partial charge in [0.15, 0.2) is 13.2 Å². The van der Waals surface area contributed by atoms with Gasteiger partial charge in [-0.05, 0) is 54.3 Å². The monoisotopic (exact) mass is 359 g/mol. The highest BCUT2D eigenvalue weighted by atomic mass is 19.1. The number of halogens is 1. The molecule has 0 spiro atoms. The van der Waals surface area contributed by atoms with E-state index in [2.05, 4.69) is 19.2 Å². The molecule has 0 heterocycles. The number of anilines is 1. The molecule has 2 rings (SSSR count). The molecule has 1 N–H and O–H groups in total. The minimum Gasteiger partial charge on any atom is -0.482 e. The van der Waals surface area contributed by atoms with Crippen molar-refractivity contribution >= 4 is 17.6 Å². The minimum atomic E-state index is -0.662. The summed E-state index contributed by atoms with van der Waals surface area (Å²) in [7, 11) is 0. The molecule has 0 radical (unpaired) electrons. The summed E-state index contributed by atoms with van der Waals surface area (Å²) in [4.78, 5) is 23.4. The van der Waals surface area contributed by atoms with Gasteiger partial charge < -0.3 is 14.8 Å². The fraction of sp³-hybridized carbons (Fsp3) is 0.300. The van der Waals surface area contributed by atoms with Gasteiger partial charge in [0.05, 0.1) is 0 Å². The molecule has 0 aliphatic heterocycles. The first-order chi connectivity index (χ1) is 12.3. The molecule has 6 heteroatoms. The number of nitrogens with one attached hydrogen (secondary N) is 1. The summed E-state index contributed by atoms with van der Waals surface area (Å²) in [6.07, 6.45) is 0. The Morgan fingerprint density at radius 1 is 1.12 bits per heavy atom. The van der Waals surface area contributed by atoms with E-state index in [1.165, 1.54) is 29.8 Å². The smallest absolute Gasteiger partial charge is 0.344 e. The number of ether oxygens (including phenoxy) is 2. The molecule has 0 atom stereocenters. The van der Waals surface area contributed by atoms with E-state index in [1.54, 1.807) is 6.07 Å². The summed E-state index contributed by atoms with van der Waals surface area (Å²) in [5.74, 6) is -0.711. The zero-order valence-electron chi connectivity index (χ0n) is 15.0. The van der Waals surface area contributed by atoms with Gasteiger partial charge in [0, 0.05) is 5.69 Å². The Hall–Kier alpha value is -2.89. The Labute approximate surface area is 152 Å². The Morgan fingerprint density at radius 2 is 1.88 bits per heavy atom. The zero-order valence-corrected chi connectivity index (χ0v) is 15.0. The first-order valence-corrected chi connectivity index (χ1v) is 8.29. The molecule has 0 aromatic heterocycles. The van der Waals surface area contributed by atoms with E-state index in [4.69, 9.17) is 9.47 Å². The van der Waals surface area contributed by atoms with E-state index in [9.17, 15) is 14.0 Å². The number of carbonyl (C=O) groups excluding carboxylic acids is 2. The van der Waals surface area contributed by atoms with Crippen LogP contribution in [-0.2, 0) is 14.3 Å². The van der Waals surface area contributed by atoms with Gasteiger partial charge >= 0.3 is 5.97 Å². The molecule has 0 saturated heterocycles. The number of aryl methyl sites for hydroxylation is 1. The molecule has 2 aromatic rings. The van der Waals surface area contributed by atoms with Crippen molar-refractivity contribution in [3.63, 3.8) is 0 Å². The Kier molecular flexibility index (Phi) is 6.72. The molecule has 0 unspecified atom stereocenters. The summed E-state index contributed by atoms with van der Waals surface area (Å²) in [6, 6.07) is 11.1. The molecule has 0 saturated carbocycles. The first-order valence-electron chi connectivity index (χ1n) is 8.29. The normalized spacial score (nSPS) is 10.5. The van der Waals surface area contributed by atoms with Crippen LogP contribution < -0.4 is 10.1 Å². The van der Waals surface area contributed by atoms with Crippen molar-refractivity contribution in [3.8, 4) is 5.75 Å². The summed E-state index contributed by atoms with van der Waals surface area (Å²) >= 11 is 0. The molecular formula is C20H22FNO4. The van der Waals surface area contributed by atoms with Crippen LogP contribution in [-0.4, -0.2) is 25.1 Å². The largest absolute Gasteiger partial charge is 0.482 e. The van der Waals surface area contributed by atoms with Crippen LogP contribution in [0.25, 0.3) is 0 Å². The Bertz CT molecular complexity index is 789. The second-order valence-electron chi connectivity index (χ2n) is 6.18. The number of rotatable bonds is 7. The lowest BCUT2D eigenvalue weighted by Gasteiger charge is -2.12. The van der Waals surface area contributed by atoms with Crippen molar-refractivity contribution in [2.24, 2.45) is 0 Å². The maximum absolute atomic E-state index is 13.0. The van der Waals surface area contributed by atoms with E-state index in [0.717, 1.165) is 5.56 Å². The molecule has 138 valence electrons. The number of esters is 1. The maximum atomic E-state index is 13.0. The molecular weight excluding hydrogens is 337 g/mol. The molecule has 0 fully saturated rings. The summed E-state index contributed by atoms with van der Waals surface area (Å²) < 4.78 is 23.3. The highest BCUT2D eigenvalue weighted by Crippen LogP contribution is 2.23. The summed E-state index contributed by atoms with van der Waals surface area (Å²) in [5.41, 5.74) is 2.59. The molecule has 1 amide bonds. The van der Waals surface area contributed by atoms with Crippen LogP contribution in [0.2, 0.25) is 0 Å². The fourth-order valence-electron chi connectivity index (χ4n) is 2.48. The average molecular weight is 359 g/mol. The zero-order chi connectivity index (χ0) is 19.1. The highest BCUT2D eigenvalue weighted by Gasteiger charge is 2.10. The highest BCUT2D eigenvalue weighted by molar-refractivity contribution is 5.92. The number of benzene rings is 2. The molecule has 0 bridgehead atoms. The van der Waals surface area contributed by atoms with Crippen LogP contribution >= 0.6 is 0 Å². The number of amides is 1. The van der Waals surface area contributed by atoms with Gasteiger partial charge in [-0.25, -0.2) is 9.18 Å². The van der Waals surface area contributed by atoms with Gasteiger partial charge in [-0.15, -0.1) is 0 Å². The van der Waals surface area contributed by atoms with Crippen molar-refractivity contribution in [2.75, 3.05) is 18.5 Å². The molecule has 2 aromatic carbocycles. The van der Waals surface area contributed by atoms with E-state index in [-0.39, 0.29) is 6.61 Å². The third-order valence-corrected chi connectivity index (χ3v) is 3.69. The quantitative estimate of drug-likeness (QED) is 0.764. The maximum Gasteiger partial charge on any atom is 0.344 e. The number of hydrogen-bond donors (Lipinski definition) is 1. The van der Waals surface area contributed by atoms with Crippen molar-refractivity contribution in [3.05, 3.63) is 59.4 Å². The van der Waals surface area contributed by atoms with Crippen LogP contribution in [0.4, 0.5) is 10.1 Å². The fourth-order valence-corrected chi connectivity index (χ4v) is 2.48. The van der Waals surface area contributed by atoms with Crippen LogP contribution in [0.3, 0.4) is 0 Å².